The molecule has 1 aliphatic rings. The molecule has 5 nitrogen and oxygen atoms in total. The first-order valence-electron chi connectivity index (χ1n) is 12.2. The largest absolute Gasteiger partial charge is 0.429 e. The first-order chi connectivity index (χ1) is 18.4. The molecule has 0 saturated carbocycles. The van der Waals surface area contributed by atoms with Gasteiger partial charge < -0.3 is 4.74 Å². The topological polar surface area (TPSA) is 74.2 Å². The molecule has 0 spiro atoms. The van der Waals surface area contributed by atoms with Gasteiger partial charge in [0, 0.05) is 27.3 Å². The van der Waals surface area contributed by atoms with Gasteiger partial charge in [-0.2, -0.15) is 5.26 Å². The van der Waals surface area contributed by atoms with Crippen molar-refractivity contribution in [2.45, 2.75) is 50.8 Å². The molecule has 0 aromatic heterocycles. The third-order valence-corrected chi connectivity index (χ3v) is 7.51. The lowest BCUT2D eigenvalue weighted by molar-refractivity contribution is 0.0851. The minimum absolute atomic E-state index is 0.00438. The quantitative estimate of drug-likeness (QED) is 0.312. The van der Waals surface area contributed by atoms with Crippen LogP contribution in [0.25, 0.3) is 0 Å². The Morgan fingerprint density at radius 3 is 2.36 bits per heavy atom. The zero-order chi connectivity index (χ0) is 28.5. The van der Waals surface area contributed by atoms with Gasteiger partial charge in [0.1, 0.15) is 17.0 Å². The van der Waals surface area contributed by atoms with Crippen LogP contribution in [-0.2, 0) is 10.2 Å². The molecule has 4 rings (SSSR count). The van der Waals surface area contributed by atoms with E-state index in [2.05, 4.69) is 16.7 Å². The van der Waals surface area contributed by atoms with Crippen LogP contribution in [0.5, 0.6) is 0 Å². The number of ether oxygens (including phenoxy) is 1. The number of anilines is 1. The molecule has 1 aliphatic heterocycles. The fourth-order valence-electron chi connectivity index (χ4n) is 5.17. The molecule has 2 N–H and O–H groups in total. The summed E-state index contributed by atoms with van der Waals surface area (Å²) in [6.07, 6.45) is -1.73. The van der Waals surface area contributed by atoms with Crippen LogP contribution in [-0.4, -0.2) is 18.4 Å². The van der Waals surface area contributed by atoms with Crippen molar-refractivity contribution in [3.05, 3.63) is 98.5 Å². The van der Waals surface area contributed by atoms with Crippen molar-refractivity contribution in [2.75, 3.05) is 5.32 Å². The molecule has 4 atom stereocenters. The summed E-state index contributed by atoms with van der Waals surface area (Å²) in [5.74, 6) is -2.70. The molecule has 0 bridgehead atoms. The summed E-state index contributed by atoms with van der Waals surface area (Å²) in [7, 11) is 0. The van der Waals surface area contributed by atoms with E-state index in [9.17, 15) is 10.1 Å². The van der Waals surface area contributed by atoms with Gasteiger partial charge in [-0.3, -0.25) is 10.6 Å². The van der Waals surface area contributed by atoms with E-state index in [1.807, 2.05) is 20.8 Å². The monoisotopic (exact) mass is 591 g/mol. The summed E-state index contributed by atoms with van der Waals surface area (Å²) in [6, 6.07) is 16.3. The Balaban J connectivity index is 1.88. The van der Waals surface area contributed by atoms with Gasteiger partial charge in [-0.1, -0.05) is 73.8 Å². The third kappa shape index (κ3) is 6.00. The lowest BCUT2D eigenvalue weighted by atomic mass is 9.63. The highest BCUT2D eigenvalue weighted by Crippen LogP contribution is 2.53. The molecule has 3 aromatic carbocycles. The minimum atomic E-state index is -1.71. The maximum atomic E-state index is 15.6. The number of benzene rings is 3. The predicted octanol–water partition coefficient (Wildman–Crippen LogP) is 8.45. The number of halogens is 5. The van der Waals surface area contributed by atoms with Crippen molar-refractivity contribution in [1.29, 1.82) is 5.26 Å². The van der Waals surface area contributed by atoms with Gasteiger partial charge in [-0.05, 0) is 59.9 Å². The normalized spacial score (nSPS) is 22.8. The van der Waals surface area contributed by atoms with Crippen LogP contribution in [0.4, 0.5) is 19.3 Å². The summed E-state index contributed by atoms with van der Waals surface area (Å²) in [5, 5.41) is 17.1. The molecule has 0 radical (unpaired) electrons. The summed E-state index contributed by atoms with van der Waals surface area (Å²) in [5.41, 5.74) is -1.63. The van der Waals surface area contributed by atoms with E-state index in [0.717, 1.165) is 6.07 Å². The van der Waals surface area contributed by atoms with E-state index in [0.29, 0.717) is 17.1 Å². The van der Waals surface area contributed by atoms with Crippen molar-refractivity contribution in [3.63, 3.8) is 0 Å². The van der Waals surface area contributed by atoms with Crippen molar-refractivity contribution in [3.8, 4) is 6.07 Å². The highest BCUT2D eigenvalue weighted by Gasteiger charge is 2.61. The van der Waals surface area contributed by atoms with Crippen LogP contribution >= 0.6 is 34.8 Å². The lowest BCUT2D eigenvalue weighted by Crippen LogP contribution is -2.44. The molecule has 0 unspecified atom stereocenters. The molecular weight excluding hydrogens is 567 g/mol. The molecule has 1 amide bonds. The zero-order valence-corrected chi connectivity index (χ0v) is 23.6. The van der Waals surface area contributed by atoms with E-state index in [1.54, 1.807) is 24.3 Å². The fraction of sp³-hybridized carbons (Fsp3) is 0.310. The molecule has 204 valence electrons. The number of nitrogens with zero attached hydrogens (tertiary/aromatic N) is 1. The van der Waals surface area contributed by atoms with Crippen LogP contribution in [0.2, 0.25) is 15.1 Å². The van der Waals surface area contributed by atoms with Gasteiger partial charge in [0.2, 0.25) is 0 Å². The SMILES string of the molecule is CC(C)(C)C[C@@H]1N[C@H](OC(=O)Nc2ccc(Cl)cc2)[C@H](c2cccc(Cl)c2F)[C@@]1(C#N)c1ccc(Cl)cc1F. The van der Waals surface area contributed by atoms with Gasteiger partial charge in [0.25, 0.3) is 0 Å². The van der Waals surface area contributed by atoms with Crippen LogP contribution in [0.15, 0.2) is 60.7 Å². The van der Waals surface area contributed by atoms with Gasteiger partial charge in [0.05, 0.1) is 17.0 Å². The molecule has 1 heterocycles. The molecule has 1 saturated heterocycles. The maximum Gasteiger partial charge on any atom is 0.413 e. The van der Waals surface area contributed by atoms with Gasteiger partial charge in [-0.15, -0.1) is 0 Å². The van der Waals surface area contributed by atoms with Gasteiger partial charge in [-0.25, -0.2) is 13.6 Å². The van der Waals surface area contributed by atoms with Crippen LogP contribution in [0.3, 0.4) is 0 Å². The van der Waals surface area contributed by atoms with E-state index < -0.39 is 41.3 Å². The number of carbonyl (C=O) groups excluding carboxylic acids is 1. The zero-order valence-electron chi connectivity index (χ0n) is 21.4. The Morgan fingerprint density at radius 1 is 1.08 bits per heavy atom. The van der Waals surface area contributed by atoms with E-state index >= 15 is 8.78 Å². The molecule has 1 fully saturated rings. The first-order valence-corrected chi connectivity index (χ1v) is 13.3. The first kappa shape index (κ1) is 29.1. The van der Waals surface area contributed by atoms with Gasteiger partial charge >= 0.3 is 6.09 Å². The van der Waals surface area contributed by atoms with Crippen LogP contribution in [0, 0.1) is 28.4 Å². The molecule has 0 aliphatic carbocycles. The number of nitrogens with one attached hydrogen (secondary N) is 2. The average molecular weight is 593 g/mol. The summed E-state index contributed by atoms with van der Waals surface area (Å²) in [4.78, 5) is 13.0. The molecule has 39 heavy (non-hydrogen) atoms. The molecule has 3 aromatic rings. The number of carbonyl (C=O) groups is 1. The smallest absolute Gasteiger partial charge is 0.413 e. The Morgan fingerprint density at radius 2 is 1.74 bits per heavy atom. The van der Waals surface area contributed by atoms with Crippen molar-refractivity contribution in [2.24, 2.45) is 5.41 Å². The number of hydrogen-bond acceptors (Lipinski definition) is 4. The Kier molecular flexibility index (Phi) is 8.44. The third-order valence-electron chi connectivity index (χ3n) is 6.73. The number of nitriles is 1. The maximum absolute atomic E-state index is 15.6. The highest BCUT2D eigenvalue weighted by atomic mass is 35.5. The van der Waals surface area contributed by atoms with Crippen molar-refractivity contribution < 1.29 is 18.3 Å². The Labute approximate surface area is 241 Å². The van der Waals surface area contributed by atoms with Gasteiger partial charge in [0.15, 0.2) is 6.23 Å². The fourth-order valence-corrected chi connectivity index (χ4v) is 5.64. The standard InChI is InChI=1S/C29H26Cl3F2N3O2/c1-28(2,3)14-23-29(15-35,20-12-9-17(31)13-22(20)33)24(19-5-4-6-21(32)25(19)34)26(37-23)39-27(38)36-18-10-7-16(30)8-11-18/h4-13,23-24,26,37H,14H2,1-3H3,(H,36,38)/t23-,24-,26+,29-/m0/s1. The molecular formula is C29H26Cl3F2N3O2. The van der Waals surface area contributed by atoms with Crippen LogP contribution in [0.1, 0.15) is 44.2 Å². The second-order valence-corrected chi connectivity index (χ2v) is 11.9. The second-order valence-electron chi connectivity index (χ2n) is 10.7. The van der Waals surface area contributed by atoms with E-state index in [1.165, 1.54) is 30.3 Å². The van der Waals surface area contributed by atoms with Crippen LogP contribution < -0.4 is 10.6 Å². The highest BCUT2D eigenvalue weighted by molar-refractivity contribution is 6.31. The lowest BCUT2D eigenvalue weighted by Gasteiger charge is -2.37. The number of rotatable bonds is 5. The predicted molar refractivity (Wildman–Crippen MR) is 149 cm³/mol. The summed E-state index contributed by atoms with van der Waals surface area (Å²) in [6.45, 7) is 5.89. The minimum Gasteiger partial charge on any atom is -0.429 e. The Bertz CT molecular complexity index is 1420. The Hall–Kier alpha value is -2.89. The van der Waals surface area contributed by atoms with E-state index in [4.69, 9.17) is 39.5 Å². The van der Waals surface area contributed by atoms with Crippen molar-refractivity contribution in [1.82, 2.24) is 5.32 Å². The summed E-state index contributed by atoms with van der Waals surface area (Å²) < 4.78 is 37.0. The summed E-state index contributed by atoms with van der Waals surface area (Å²) >= 11 is 18.1. The van der Waals surface area contributed by atoms with E-state index in [-0.39, 0.29) is 26.6 Å². The number of amides is 1. The average Bonchev–Trinajstić information content (AvgIpc) is 3.13. The number of hydrogen-bond donors (Lipinski definition) is 2. The molecule has 10 heteroatoms. The van der Waals surface area contributed by atoms with Crippen molar-refractivity contribution >= 4 is 46.6 Å². The second kappa shape index (κ2) is 11.3.